The lowest BCUT2D eigenvalue weighted by Crippen LogP contribution is -1.99. The first kappa shape index (κ1) is 10.5. The average molecular weight is 152 g/mol. The molecule has 0 aliphatic carbocycles. The Balaban J connectivity index is 3.74. The summed E-state index contributed by atoms with van der Waals surface area (Å²) in [7, 11) is 0. The molecule has 0 aromatic heterocycles. The van der Waals surface area contributed by atoms with E-state index in [0.717, 1.165) is 0 Å². The second-order valence-corrected chi connectivity index (χ2v) is 3.03. The van der Waals surface area contributed by atoms with Crippen LogP contribution in [0, 0.1) is 5.92 Å². The van der Waals surface area contributed by atoms with Crippen molar-refractivity contribution in [3.05, 3.63) is 24.8 Å². The Morgan fingerprint density at radius 2 is 2.09 bits per heavy atom. The molecule has 0 spiro atoms. The van der Waals surface area contributed by atoms with Crippen molar-refractivity contribution >= 4 is 0 Å². The summed E-state index contributed by atoms with van der Waals surface area (Å²) in [6.45, 7) is 12.2. The van der Waals surface area contributed by atoms with Crippen LogP contribution in [0.2, 0.25) is 0 Å². The third-order valence-corrected chi connectivity index (χ3v) is 2.19. The van der Waals surface area contributed by atoms with Gasteiger partial charge in [0.05, 0.1) is 0 Å². The topological polar surface area (TPSA) is 0 Å². The van der Waals surface area contributed by atoms with Gasteiger partial charge in [-0.05, 0) is 18.8 Å². The van der Waals surface area contributed by atoms with Crippen molar-refractivity contribution in [3.8, 4) is 0 Å². The van der Waals surface area contributed by atoms with Gasteiger partial charge in [0.25, 0.3) is 0 Å². The Morgan fingerprint density at radius 1 is 1.45 bits per heavy atom. The van der Waals surface area contributed by atoms with E-state index in [9.17, 15) is 0 Å². The van der Waals surface area contributed by atoms with E-state index in [1.54, 1.807) is 0 Å². The van der Waals surface area contributed by atoms with Crippen LogP contribution < -0.4 is 0 Å². The Bertz CT molecular complexity index is 122. The third kappa shape index (κ3) is 4.02. The van der Waals surface area contributed by atoms with E-state index in [-0.39, 0.29) is 0 Å². The van der Waals surface area contributed by atoms with Gasteiger partial charge in [-0.3, -0.25) is 0 Å². The Kier molecular flexibility index (Phi) is 5.91. The smallest absolute Gasteiger partial charge is 0.0171 e. The maximum atomic E-state index is 3.98. The summed E-state index contributed by atoms with van der Waals surface area (Å²) in [5.41, 5.74) is 1.21. The molecule has 0 aliphatic heterocycles. The van der Waals surface area contributed by atoms with Crippen LogP contribution in [-0.2, 0) is 0 Å². The molecule has 0 saturated heterocycles. The molecule has 0 N–H and O–H groups in total. The van der Waals surface area contributed by atoms with Crippen LogP contribution in [-0.4, -0.2) is 0 Å². The molecule has 0 amide bonds. The summed E-state index contributed by atoms with van der Waals surface area (Å²) >= 11 is 0. The molecule has 1 atom stereocenters. The summed E-state index contributed by atoms with van der Waals surface area (Å²) in [6.07, 6.45) is 6.96. The van der Waals surface area contributed by atoms with Gasteiger partial charge >= 0.3 is 0 Å². The van der Waals surface area contributed by atoms with Gasteiger partial charge in [0.2, 0.25) is 0 Å². The van der Waals surface area contributed by atoms with Gasteiger partial charge in [-0.25, -0.2) is 0 Å². The molecule has 0 bridgehead atoms. The minimum atomic E-state index is 0.674. The molecule has 0 heterocycles. The van der Waals surface area contributed by atoms with Crippen molar-refractivity contribution in [3.63, 3.8) is 0 Å². The van der Waals surface area contributed by atoms with E-state index in [1.165, 1.54) is 31.3 Å². The maximum Gasteiger partial charge on any atom is -0.0171 e. The first-order chi connectivity index (χ1) is 5.26. The molecule has 0 nitrogen and oxygen atoms in total. The second kappa shape index (κ2) is 6.21. The first-order valence-electron chi connectivity index (χ1n) is 4.57. The summed E-state index contributed by atoms with van der Waals surface area (Å²) in [5, 5.41) is 0. The summed E-state index contributed by atoms with van der Waals surface area (Å²) in [6, 6.07) is 0. The fourth-order valence-electron chi connectivity index (χ4n) is 1.27. The summed E-state index contributed by atoms with van der Waals surface area (Å²) < 4.78 is 0. The van der Waals surface area contributed by atoms with Gasteiger partial charge in [0, 0.05) is 0 Å². The predicted molar refractivity (Wildman–Crippen MR) is 52.6 cm³/mol. The Morgan fingerprint density at radius 3 is 2.45 bits per heavy atom. The Labute approximate surface area is 71.0 Å². The highest BCUT2D eigenvalue weighted by Crippen LogP contribution is 2.20. The molecule has 0 aromatic carbocycles. The first-order valence-corrected chi connectivity index (χ1v) is 4.57. The van der Waals surface area contributed by atoms with Crippen LogP contribution >= 0.6 is 0 Å². The van der Waals surface area contributed by atoms with Crippen LogP contribution in [0.4, 0.5) is 0 Å². The fourth-order valence-corrected chi connectivity index (χ4v) is 1.27. The van der Waals surface area contributed by atoms with Gasteiger partial charge in [-0.2, -0.15) is 0 Å². The van der Waals surface area contributed by atoms with Gasteiger partial charge in [-0.15, -0.1) is 0 Å². The zero-order valence-electron chi connectivity index (χ0n) is 7.90. The minimum absolute atomic E-state index is 0.674. The molecule has 0 fully saturated rings. The number of unbranched alkanes of at least 4 members (excludes halogenated alkanes) is 1. The molecule has 0 aromatic rings. The lowest BCUT2D eigenvalue weighted by Gasteiger charge is -2.13. The van der Waals surface area contributed by atoms with Crippen molar-refractivity contribution in [1.29, 1.82) is 0 Å². The molecule has 0 aliphatic rings. The lowest BCUT2D eigenvalue weighted by molar-refractivity contribution is 0.525. The van der Waals surface area contributed by atoms with E-state index in [2.05, 4.69) is 27.0 Å². The Hall–Kier alpha value is -0.520. The van der Waals surface area contributed by atoms with E-state index < -0.39 is 0 Å². The van der Waals surface area contributed by atoms with Gasteiger partial charge in [0.1, 0.15) is 0 Å². The maximum absolute atomic E-state index is 3.98. The van der Waals surface area contributed by atoms with Crippen molar-refractivity contribution in [1.82, 2.24) is 0 Å². The van der Waals surface area contributed by atoms with Crippen molar-refractivity contribution < 1.29 is 0 Å². The highest BCUT2D eigenvalue weighted by atomic mass is 14.1. The van der Waals surface area contributed by atoms with Crippen LogP contribution in [0.1, 0.15) is 39.5 Å². The highest BCUT2D eigenvalue weighted by molar-refractivity contribution is 5.14. The van der Waals surface area contributed by atoms with Crippen LogP contribution in [0.15, 0.2) is 24.8 Å². The molecule has 1 unspecified atom stereocenters. The molecular weight excluding hydrogens is 132 g/mol. The molecule has 0 radical (unpaired) electrons. The van der Waals surface area contributed by atoms with E-state index >= 15 is 0 Å². The zero-order chi connectivity index (χ0) is 8.69. The number of rotatable bonds is 6. The summed E-state index contributed by atoms with van der Waals surface area (Å²) in [4.78, 5) is 0. The summed E-state index contributed by atoms with van der Waals surface area (Å²) in [5.74, 6) is 0.674. The number of allylic oxidation sites excluding steroid dienone is 2. The lowest BCUT2D eigenvalue weighted by atomic mass is 9.92. The van der Waals surface area contributed by atoms with Crippen molar-refractivity contribution in [2.75, 3.05) is 0 Å². The monoisotopic (exact) mass is 152 g/mol. The number of hydrogen-bond acceptors (Lipinski definition) is 0. The van der Waals surface area contributed by atoms with E-state index in [4.69, 9.17) is 0 Å². The molecule has 0 saturated carbocycles. The van der Waals surface area contributed by atoms with Gasteiger partial charge in [-0.1, -0.05) is 51.5 Å². The standard InChI is InChI=1S/C11H20/c1-5-8-9-11(7-3)10(4)6-2/h6,11H,2,4-5,7-9H2,1,3H3. The van der Waals surface area contributed by atoms with E-state index in [0.29, 0.717) is 5.92 Å². The van der Waals surface area contributed by atoms with Crippen molar-refractivity contribution in [2.45, 2.75) is 39.5 Å². The average Bonchev–Trinajstić information content (AvgIpc) is 2.05. The van der Waals surface area contributed by atoms with Crippen molar-refractivity contribution in [2.24, 2.45) is 5.92 Å². The highest BCUT2D eigenvalue weighted by Gasteiger charge is 2.05. The SMILES string of the molecule is C=CC(=C)C(CC)CCCC. The van der Waals surface area contributed by atoms with Crippen LogP contribution in [0.25, 0.3) is 0 Å². The van der Waals surface area contributed by atoms with Gasteiger partial charge < -0.3 is 0 Å². The zero-order valence-corrected chi connectivity index (χ0v) is 7.90. The van der Waals surface area contributed by atoms with Gasteiger partial charge in [0.15, 0.2) is 0 Å². The molecule has 11 heavy (non-hydrogen) atoms. The molecule has 0 heteroatoms. The number of hydrogen-bond donors (Lipinski definition) is 0. The van der Waals surface area contributed by atoms with Crippen LogP contribution in [0.5, 0.6) is 0 Å². The fraction of sp³-hybridized carbons (Fsp3) is 0.636. The van der Waals surface area contributed by atoms with Crippen LogP contribution in [0.3, 0.4) is 0 Å². The molecule has 64 valence electrons. The third-order valence-electron chi connectivity index (χ3n) is 2.19. The largest absolute Gasteiger partial charge is 0.0988 e. The minimum Gasteiger partial charge on any atom is -0.0988 e. The molecule has 0 rings (SSSR count). The second-order valence-electron chi connectivity index (χ2n) is 3.03. The molecular formula is C11H20. The predicted octanol–water partition coefficient (Wildman–Crippen LogP) is 3.95. The quantitative estimate of drug-likeness (QED) is 0.506. The van der Waals surface area contributed by atoms with E-state index in [1.807, 2.05) is 6.08 Å². The normalized spacial score (nSPS) is 12.5.